The van der Waals surface area contributed by atoms with Gasteiger partial charge in [0.05, 0.1) is 26.4 Å². The number of aliphatic hydroxyl groups is 1. The van der Waals surface area contributed by atoms with Crippen molar-refractivity contribution in [2.24, 2.45) is 5.92 Å². The molecule has 2 unspecified atom stereocenters. The van der Waals surface area contributed by atoms with E-state index in [1.807, 2.05) is 0 Å². The Bertz CT molecular complexity index is 1830. The standard InChI is InChI=1S/C71H134O17P2/c1-6-9-12-15-18-21-24-27-28-29-32-35-42-47-52-57-71(76)87-66(60-81-68(73)54-49-44-39-33-30-25-22-19-16-13-10-7-2)62-85-89(77,78)83-58-65(72)59-84-90(79,80)86-63-67(61-82-69(74)55-50-45-40-37-36-38-43-48-53-64(4)5)88-70(75)56-51-46-41-34-31-26-23-20-17-14-11-8-3/h21,24,27-28,64-67,72H,6-20,22-23,25-26,29-63H2,1-5H3,(H,77,78)(H,79,80)/b24-21-,28-27-/t65-,66-,67-/m1/s1. The third kappa shape index (κ3) is 64.3. The first kappa shape index (κ1) is 87.5. The van der Waals surface area contributed by atoms with Crippen molar-refractivity contribution >= 4 is 39.5 Å². The first-order valence-electron chi connectivity index (χ1n) is 36.5. The Balaban J connectivity index is 5.29. The van der Waals surface area contributed by atoms with E-state index >= 15 is 0 Å². The van der Waals surface area contributed by atoms with E-state index in [2.05, 4.69) is 58.9 Å². The van der Waals surface area contributed by atoms with E-state index in [4.69, 9.17) is 37.0 Å². The van der Waals surface area contributed by atoms with Gasteiger partial charge in [-0.1, -0.05) is 290 Å². The summed E-state index contributed by atoms with van der Waals surface area (Å²) in [5.41, 5.74) is 0. The molecule has 0 rings (SSSR count). The van der Waals surface area contributed by atoms with E-state index in [9.17, 15) is 43.2 Å². The summed E-state index contributed by atoms with van der Waals surface area (Å²) in [5.74, 6) is -1.43. The number of phosphoric acid groups is 2. The summed E-state index contributed by atoms with van der Waals surface area (Å²) in [5, 5.41) is 10.6. The molecule has 90 heavy (non-hydrogen) atoms. The third-order valence-electron chi connectivity index (χ3n) is 15.9. The highest BCUT2D eigenvalue weighted by atomic mass is 31.2. The summed E-state index contributed by atoms with van der Waals surface area (Å²) in [7, 11) is -9.91. The molecule has 0 fully saturated rings. The second kappa shape index (κ2) is 63.9. The van der Waals surface area contributed by atoms with Gasteiger partial charge in [0.2, 0.25) is 0 Å². The minimum absolute atomic E-state index is 0.0854. The predicted octanol–water partition coefficient (Wildman–Crippen LogP) is 20.1. The molecule has 19 heteroatoms. The summed E-state index contributed by atoms with van der Waals surface area (Å²) in [6.45, 7) is 7.15. The number of unbranched alkanes of at least 4 members (excludes halogenated alkanes) is 38. The molecular formula is C71H134O17P2. The molecule has 0 amide bonds. The first-order chi connectivity index (χ1) is 43.5. The number of allylic oxidation sites excluding steroid dienone is 4. The van der Waals surface area contributed by atoms with Gasteiger partial charge in [0, 0.05) is 25.7 Å². The lowest BCUT2D eigenvalue weighted by molar-refractivity contribution is -0.161. The Morgan fingerprint density at radius 3 is 0.911 bits per heavy atom. The van der Waals surface area contributed by atoms with Crippen molar-refractivity contribution in [1.29, 1.82) is 0 Å². The zero-order valence-electron chi connectivity index (χ0n) is 57.8. The Labute approximate surface area is 548 Å². The van der Waals surface area contributed by atoms with Crippen LogP contribution in [0.4, 0.5) is 0 Å². The average Bonchev–Trinajstić information content (AvgIpc) is 3.72. The van der Waals surface area contributed by atoms with Gasteiger partial charge in [-0.05, 0) is 57.3 Å². The Morgan fingerprint density at radius 2 is 0.600 bits per heavy atom. The summed E-state index contributed by atoms with van der Waals surface area (Å²) in [6.07, 6.45) is 53.4. The molecule has 0 aromatic heterocycles. The van der Waals surface area contributed by atoms with Gasteiger partial charge in [0.15, 0.2) is 12.2 Å². The molecule has 17 nitrogen and oxygen atoms in total. The maximum atomic E-state index is 13.0. The smallest absolute Gasteiger partial charge is 0.462 e. The fourth-order valence-corrected chi connectivity index (χ4v) is 11.9. The van der Waals surface area contributed by atoms with Crippen molar-refractivity contribution in [3.8, 4) is 0 Å². The monoisotopic (exact) mass is 1320 g/mol. The number of aliphatic hydroxyl groups excluding tert-OH is 1. The number of ether oxygens (including phenoxy) is 4. The molecule has 0 spiro atoms. The van der Waals surface area contributed by atoms with Crippen molar-refractivity contribution in [3.63, 3.8) is 0 Å². The van der Waals surface area contributed by atoms with Crippen LogP contribution >= 0.6 is 15.6 Å². The number of esters is 4. The molecule has 0 aromatic carbocycles. The lowest BCUT2D eigenvalue weighted by Crippen LogP contribution is -2.30. The van der Waals surface area contributed by atoms with Crippen molar-refractivity contribution in [1.82, 2.24) is 0 Å². The van der Waals surface area contributed by atoms with Crippen LogP contribution in [0.25, 0.3) is 0 Å². The van der Waals surface area contributed by atoms with Gasteiger partial charge in [-0.3, -0.25) is 37.3 Å². The minimum Gasteiger partial charge on any atom is -0.462 e. The van der Waals surface area contributed by atoms with E-state index in [1.54, 1.807) is 0 Å². The van der Waals surface area contributed by atoms with Crippen molar-refractivity contribution in [2.45, 2.75) is 361 Å². The minimum atomic E-state index is -4.96. The van der Waals surface area contributed by atoms with Crippen molar-refractivity contribution < 1.29 is 80.2 Å². The molecule has 5 atom stereocenters. The predicted molar refractivity (Wildman–Crippen MR) is 363 cm³/mol. The van der Waals surface area contributed by atoms with Gasteiger partial charge < -0.3 is 33.8 Å². The second-order valence-corrected chi connectivity index (χ2v) is 28.3. The molecule has 0 saturated heterocycles. The van der Waals surface area contributed by atoms with Gasteiger partial charge in [0.25, 0.3) is 0 Å². The number of hydrogen-bond donors (Lipinski definition) is 3. The SMILES string of the molecule is CCCCCC/C=C\C=C/CCCCCCCC(=O)O[C@H](COC(=O)CCCCCCCCCCCCCC)COP(=O)(O)OC[C@@H](O)COP(=O)(O)OC[C@@H](COC(=O)CCCCCCCCCCC(C)C)OC(=O)CCCCCCCCCCCCCC. The molecular weight excluding hydrogens is 1190 g/mol. The highest BCUT2D eigenvalue weighted by Gasteiger charge is 2.30. The maximum Gasteiger partial charge on any atom is 0.472 e. The van der Waals surface area contributed by atoms with Crippen LogP contribution < -0.4 is 0 Å². The topological polar surface area (TPSA) is 237 Å². The van der Waals surface area contributed by atoms with Crippen molar-refractivity contribution in [3.05, 3.63) is 24.3 Å². The number of rotatable bonds is 69. The van der Waals surface area contributed by atoms with E-state index < -0.39 is 97.5 Å². The first-order valence-corrected chi connectivity index (χ1v) is 39.4. The highest BCUT2D eigenvalue weighted by Crippen LogP contribution is 2.45. The van der Waals surface area contributed by atoms with Crippen LogP contribution in [0.15, 0.2) is 24.3 Å². The Kier molecular flexibility index (Phi) is 62.2. The third-order valence-corrected chi connectivity index (χ3v) is 17.8. The largest absolute Gasteiger partial charge is 0.472 e. The Hall–Kier alpha value is -2.46. The van der Waals surface area contributed by atoms with Crippen LogP contribution in [-0.4, -0.2) is 96.7 Å². The number of hydrogen-bond acceptors (Lipinski definition) is 15. The molecule has 0 bridgehead atoms. The average molecular weight is 1320 g/mol. The summed E-state index contributed by atoms with van der Waals surface area (Å²) in [4.78, 5) is 72.5. The molecule has 0 aliphatic heterocycles. The summed E-state index contributed by atoms with van der Waals surface area (Å²) < 4.78 is 68.3. The molecule has 530 valence electrons. The quantitative estimate of drug-likeness (QED) is 0.0169. The molecule has 0 aliphatic rings. The fourth-order valence-electron chi connectivity index (χ4n) is 10.3. The van der Waals surface area contributed by atoms with Crippen LogP contribution in [0.3, 0.4) is 0 Å². The second-order valence-electron chi connectivity index (χ2n) is 25.4. The van der Waals surface area contributed by atoms with Crippen LogP contribution in [0, 0.1) is 5.92 Å². The van der Waals surface area contributed by atoms with E-state index in [0.717, 1.165) is 109 Å². The van der Waals surface area contributed by atoms with Gasteiger partial charge in [0.1, 0.15) is 19.3 Å². The lowest BCUT2D eigenvalue weighted by atomic mass is 10.0. The number of carbonyl (C=O) groups excluding carboxylic acids is 4. The van der Waals surface area contributed by atoms with Crippen molar-refractivity contribution in [2.75, 3.05) is 39.6 Å². The number of carbonyl (C=O) groups is 4. The normalized spacial score (nSPS) is 14.2. The zero-order valence-corrected chi connectivity index (χ0v) is 59.5. The van der Waals surface area contributed by atoms with Gasteiger partial charge >= 0.3 is 39.5 Å². The summed E-state index contributed by atoms with van der Waals surface area (Å²) in [6, 6.07) is 0. The summed E-state index contributed by atoms with van der Waals surface area (Å²) >= 11 is 0. The molecule has 0 radical (unpaired) electrons. The fraction of sp³-hybridized carbons (Fsp3) is 0.887. The van der Waals surface area contributed by atoms with Gasteiger partial charge in [-0.15, -0.1) is 0 Å². The molecule has 0 heterocycles. The van der Waals surface area contributed by atoms with E-state index in [1.165, 1.54) is 154 Å². The Morgan fingerprint density at radius 1 is 0.344 bits per heavy atom. The van der Waals surface area contributed by atoms with Crippen LogP contribution in [0.5, 0.6) is 0 Å². The van der Waals surface area contributed by atoms with Crippen LogP contribution in [0.1, 0.15) is 343 Å². The van der Waals surface area contributed by atoms with Crippen LogP contribution in [-0.2, 0) is 65.4 Å². The van der Waals surface area contributed by atoms with Crippen LogP contribution in [0.2, 0.25) is 0 Å². The maximum absolute atomic E-state index is 13.0. The zero-order chi connectivity index (χ0) is 66.3. The van der Waals surface area contributed by atoms with E-state index in [0.29, 0.717) is 25.7 Å². The number of phosphoric ester groups is 2. The molecule has 0 aliphatic carbocycles. The van der Waals surface area contributed by atoms with Gasteiger partial charge in [-0.2, -0.15) is 0 Å². The lowest BCUT2D eigenvalue weighted by Gasteiger charge is -2.21. The molecule has 0 aromatic rings. The highest BCUT2D eigenvalue weighted by molar-refractivity contribution is 7.47. The molecule has 3 N–H and O–H groups in total. The van der Waals surface area contributed by atoms with Gasteiger partial charge in [-0.25, -0.2) is 9.13 Å². The molecule has 0 saturated carbocycles. The van der Waals surface area contributed by atoms with E-state index in [-0.39, 0.29) is 25.7 Å².